The molecule has 1 aliphatic rings. The molecule has 1 atom stereocenters. The second kappa shape index (κ2) is 3.87. The van der Waals surface area contributed by atoms with Gasteiger partial charge in [0.1, 0.15) is 0 Å². The highest BCUT2D eigenvalue weighted by atomic mass is 16.3. The Morgan fingerprint density at radius 2 is 2.33 bits per heavy atom. The Kier molecular flexibility index (Phi) is 3.05. The van der Waals surface area contributed by atoms with E-state index in [2.05, 4.69) is 10.2 Å². The van der Waals surface area contributed by atoms with Crippen LogP contribution >= 0.6 is 0 Å². The average molecular weight is 172 g/mol. The lowest BCUT2D eigenvalue weighted by Crippen LogP contribution is -2.56. The van der Waals surface area contributed by atoms with Gasteiger partial charge in [0.15, 0.2) is 0 Å². The highest BCUT2D eigenvalue weighted by Gasteiger charge is 2.32. The van der Waals surface area contributed by atoms with Gasteiger partial charge in [-0.3, -0.25) is 9.69 Å². The van der Waals surface area contributed by atoms with E-state index in [1.54, 1.807) is 7.05 Å². The van der Waals surface area contributed by atoms with Crippen LogP contribution in [0, 0.1) is 5.92 Å². The van der Waals surface area contributed by atoms with E-state index in [9.17, 15) is 4.79 Å². The Balaban J connectivity index is 2.27. The zero-order valence-corrected chi connectivity index (χ0v) is 7.58. The van der Waals surface area contributed by atoms with Crippen LogP contribution < -0.4 is 5.32 Å². The van der Waals surface area contributed by atoms with Crippen LogP contribution in [0.15, 0.2) is 0 Å². The number of nitrogens with one attached hydrogen (secondary N) is 1. The quantitative estimate of drug-likeness (QED) is 0.577. The number of aliphatic hydroxyl groups is 1. The van der Waals surface area contributed by atoms with Gasteiger partial charge in [0.2, 0.25) is 5.91 Å². The van der Waals surface area contributed by atoms with Gasteiger partial charge in [0, 0.05) is 32.7 Å². The summed E-state index contributed by atoms with van der Waals surface area (Å²) in [6.07, 6.45) is 0. The molecule has 1 saturated heterocycles. The Morgan fingerprint density at radius 3 is 2.75 bits per heavy atom. The van der Waals surface area contributed by atoms with E-state index in [-0.39, 0.29) is 18.6 Å². The minimum atomic E-state index is -0.0576. The van der Waals surface area contributed by atoms with Crippen LogP contribution in [0.4, 0.5) is 0 Å². The number of hydrogen-bond donors (Lipinski definition) is 2. The summed E-state index contributed by atoms with van der Waals surface area (Å²) in [6.45, 7) is 3.79. The van der Waals surface area contributed by atoms with E-state index >= 15 is 0 Å². The number of likely N-dealkylation sites (N-methyl/N-ethyl adjacent to an activating group) is 1. The maximum absolute atomic E-state index is 11.1. The Bertz CT molecular complexity index is 166. The van der Waals surface area contributed by atoms with E-state index in [1.807, 2.05) is 6.92 Å². The van der Waals surface area contributed by atoms with Gasteiger partial charge in [0.25, 0.3) is 0 Å². The van der Waals surface area contributed by atoms with Gasteiger partial charge in [-0.25, -0.2) is 0 Å². The van der Waals surface area contributed by atoms with E-state index in [0.717, 1.165) is 13.1 Å². The van der Waals surface area contributed by atoms with Crippen molar-refractivity contribution in [2.75, 3.05) is 26.7 Å². The van der Waals surface area contributed by atoms with Crippen molar-refractivity contribution < 1.29 is 9.90 Å². The molecule has 2 N–H and O–H groups in total. The second-order valence-electron chi connectivity index (χ2n) is 3.29. The number of rotatable bonds is 3. The normalized spacial score (nSPS) is 21.6. The minimum Gasteiger partial charge on any atom is -0.396 e. The minimum absolute atomic E-state index is 0.0476. The van der Waals surface area contributed by atoms with E-state index in [1.165, 1.54) is 0 Å². The van der Waals surface area contributed by atoms with Crippen LogP contribution in [0.2, 0.25) is 0 Å². The smallest absolute Gasteiger partial charge is 0.236 e. The summed E-state index contributed by atoms with van der Waals surface area (Å²) in [5, 5.41) is 11.4. The van der Waals surface area contributed by atoms with Crippen LogP contribution in [-0.2, 0) is 4.79 Å². The molecule has 0 aliphatic carbocycles. The number of likely N-dealkylation sites (tertiary alicyclic amines) is 1. The van der Waals surface area contributed by atoms with E-state index < -0.39 is 0 Å². The SMILES string of the molecule is CNC(=O)C(C)N1CC(CO)C1. The molecule has 0 aromatic heterocycles. The molecule has 0 spiro atoms. The van der Waals surface area contributed by atoms with Crippen molar-refractivity contribution in [3.05, 3.63) is 0 Å². The largest absolute Gasteiger partial charge is 0.396 e. The summed E-state index contributed by atoms with van der Waals surface area (Å²) in [6, 6.07) is -0.0576. The zero-order chi connectivity index (χ0) is 9.14. The molecule has 0 aromatic rings. The topological polar surface area (TPSA) is 52.6 Å². The molecule has 1 rings (SSSR count). The molecule has 1 unspecified atom stereocenters. The first kappa shape index (κ1) is 9.48. The van der Waals surface area contributed by atoms with Crippen LogP contribution in [0.3, 0.4) is 0 Å². The molecule has 12 heavy (non-hydrogen) atoms. The Morgan fingerprint density at radius 1 is 1.75 bits per heavy atom. The molecule has 1 amide bonds. The maximum atomic E-state index is 11.1. The number of nitrogens with zero attached hydrogens (tertiary/aromatic N) is 1. The lowest BCUT2D eigenvalue weighted by atomic mass is 9.99. The van der Waals surface area contributed by atoms with Crippen LogP contribution in [0.25, 0.3) is 0 Å². The second-order valence-corrected chi connectivity index (χ2v) is 3.29. The molecular weight excluding hydrogens is 156 g/mol. The molecular formula is C8H16N2O2. The van der Waals surface area contributed by atoms with Gasteiger partial charge >= 0.3 is 0 Å². The van der Waals surface area contributed by atoms with Crippen molar-refractivity contribution in [2.45, 2.75) is 13.0 Å². The predicted molar refractivity (Wildman–Crippen MR) is 45.7 cm³/mol. The summed E-state index contributed by atoms with van der Waals surface area (Å²) in [5.74, 6) is 0.420. The van der Waals surface area contributed by atoms with Crippen LogP contribution in [-0.4, -0.2) is 48.7 Å². The third-order valence-electron chi connectivity index (χ3n) is 2.42. The lowest BCUT2D eigenvalue weighted by molar-refractivity contribution is -0.128. The fourth-order valence-electron chi connectivity index (χ4n) is 1.42. The van der Waals surface area contributed by atoms with Gasteiger partial charge in [-0.05, 0) is 6.92 Å². The highest BCUT2D eigenvalue weighted by Crippen LogP contribution is 2.17. The molecule has 0 bridgehead atoms. The molecule has 0 aromatic carbocycles. The van der Waals surface area contributed by atoms with Crippen molar-refractivity contribution in [3.8, 4) is 0 Å². The summed E-state index contributed by atoms with van der Waals surface area (Å²) < 4.78 is 0. The fraction of sp³-hybridized carbons (Fsp3) is 0.875. The first-order valence-corrected chi connectivity index (χ1v) is 4.25. The first-order valence-electron chi connectivity index (χ1n) is 4.25. The standard InChI is InChI=1S/C8H16N2O2/c1-6(8(12)9-2)10-3-7(4-10)5-11/h6-7,11H,3-5H2,1-2H3,(H,9,12). The zero-order valence-electron chi connectivity index (χ0n) is 7.58. The summed E-state index contributed by atoms with van der Waals surface area (Å²) >= 11 is 0. The number of carbonyl (C=O) groups excluding carboxylic acids is 1. The number of aliphatic hydroxyl groups excluding tert-OH is 1. The summed E-state index contributed by atoms with van der Waals surface area (Å²) in [5.41, 5.74) is 0. The summed E-state index contributed by atoms with van der Waals surface area (Å²) in [7, 11) is 1.64. The van der Waals surface area contributed by atoms with Gasteiger partial charge < -0.3 is 10.4 Å². The molecule has 1 heterocycles. The third-order valence-corrected chi connectivity index (χ3v) is 2.42. The molecule has 70 valence electrons. The van der Waals surface area contributed by atoms with Gasteiger partial charge in [0.05, 0.1) is 6.04 Å². The third kappa shape index (κ3) is 1.76. The molecule has 1 fully saturated rings. The highest BCUT2D eigenvalue weighted by molar-refractivity contribution is 5.81. The number of amides is 1. The predicted octanol–water partition coefficient (Wildman–Crippen LogP) is -0.955. The Labute approximate surface area is 72.6 Å². The fourth-order valence-corrected chi connectivity index (χ4v) is 1.42. The van der Waals surface area contributed by atoms with E-state index in [0.29, 0.717) is 5.92 Å². The van der Waals surface area contributed by atoms with Gasteiger partial charge in [-0.1, -0.05) is 0 Å². The van der Waals surface area contributed by atoms with E-state index in [4.69, 9.17) is 5.11 Å². The van der Waals surface area contributed by atoms with Crippen molar-refractivity contribution >= 4 is 5.91 Å². The van der Waals surface area contributed by atoms with Crippen LogP contribution in [0.5, 0.6) is 0 Å². The van der Waals surface area contributed by atoms with Gasteiger partial charge in [-0.2, -0.15) is 0 Å². The van der Waals surface area contributed by atoms with Crippen molar-refractivity contribution in [1.82, 2.24) is 10.2 Å². The number of carbonyl (C=O) groups is 1. The van der Waals surface area contributed by atoms with Crippen LogP contribution in [0.1, 0.15) is 6.92 Å². The Hall–Kier alpha value is -0.610. The lowest BCUT2D eigenvalue weighted by Gasteiger charge is -2.41. The molecule has 4 nitrogen and oxygen atoms in total. The maximum Gasteiger partial charge on any atom is 0.236 e. The average Bonchev–Trinajstić information content (AvgIpc) is 2.01. The monoisotopic (exact) mass is 172 g/mol. The first-order chi connectivity index (χ1) is 5.69. The molecule has 0 radical (unpaired) electrons. The number of hydrogen-bond acceptors (Lipinski definition) is 3. The molecule has 1 aliphatic heterocycles. The molecule has 0 saturated carbocycles. The van der Waals surface area contributed by atoms with Crippen molar-refractivity contribution in [1.29, 1.82) is 0 Å². The summed E-state index contributed by atoms with van der Waals surface area (Å²) in [4.78, 5) is 13.2. The molecule has 4 heteroatoms. The van der Waals surface area contributed by atoms with Gasteiger partial charge in [-0.15, -0.1) is 0 Å². The van der Waals surface area contributed by atoms with Crippen molar-refractivity contribution in [2.24, 2.45) is 5.92 Å². The van der Waals surface area contributed by atoms with Crippen molar-refractivity contribution in [3.63, 3.8) is 0 Å².